The second-order valence-corrected chi connectivity index (χ2v) is 6.88. The van der Waals surface area contributed by atoms with E-state index in [2.05, 4.69) is 15.2 Å². The number of pyridine rings is 1. The molecule has 3 aromatic rings. The van der Waals surface area contributed by atoms with E-state index in [0.717, 1.165) is 25.4 Å². The number of hydrogen-bond donors (Lipinski definition) is 1. The van der Waals surface area contributed by atoms with Crippen molar-refractivity contribution < 1.29 is 14.1 Å². The molecule has 1 fully saturated rings. The number of furan rings is 1. The van der Waals surface area contributed by atoms with Gasteiger partial charge in [-0.15, -0.1) is 0 Å². The minimum atomic E-state index is -0.421. The third-order valence-electron chi connectivity index (χ3n) is 5.13. The number of rotatable bonds is 6. The molecule has 0 aliphatic carbocycles. The molecule has 0 bridgehead atoms. The van der Waals surface area contributed by atoms with Crippen LogP contribution in [0.4, 0.5) is 5.69 Å². The zero-order valence-corrected chi connectivity index (χ0v) is 16.1. The smallest absolute Gasteiger partial charge is 0.284 e. The largest absolute Gasteiger partial charge is 0.497 e. The Bertz CT molecular complexity index is 989. The average Bonchev–Trinajstić information content (AvgIpc) is 3.22. The molecule has 0 radical (unpaired) electrons. The quantitative estimate of drug-likeness (QED) is 0.506. The molecule has 1 aliphatic heterocycles. The van der Waals surface area contributed by atoms with Crippen molar-refractivity contribution in [3.8, 4) is 17.1 Å². The van der Waals surface area contributed by atoms with Crippen molar-refractivity contribution in [3.05, 3.63) is 76.3 Å². The number of ether oxygens (including phenoxy) is 1. The van der Waals surface area contributed by atoms with Crippen molar-refractivity contribution in [2.75, 3.05) is 26.7 Å². The first-order valence-electron chi connectivity index (χ1n) is 9.42. The molecule has 150 valence electrons. The number of piperazine rings is 1. The summed E-state index contributed by atoms with van der Waals surface area (Å²) in [5, 5.41) is 14.9. The van der Waals surface area contributed by atoms with E-state index in [1.165, 1.54) is 18.7 Å². The Morgan fingerprint density at radius 2 is 2.10 bits per heavy atom. The van der Waals surface area contributed by atoms with Gasteiger partial charge in [0.1, 0.15) is 17.3 Å². The Morgan fingerprint density at radius 3 is 2.86 bits per heavy atom. The molecule has 1 atom stereocenters. The maximum absolute atomic E-state index is 11.5. The molecule has 2 aromatic heterocycles. The molecular weight excluding hydrogens is 372 g/mol. The van der Waals surface area contributed by atoms with Crippen LogP contribution in [0.15, 0.2) is 59.3 Å². The number of aromatic nitrogens is 1. The van der Waals surface area contributed by atoms with Gasteiger partial charge in [0.2, 0.25) is 0 Å². The number of nitrogens with zero attached hydrogens (tertiary/aromatic N) is 3. The van der Waals surface area contributed by atoms with E-state index >= 15 is 0 Å². The summed E-state index contributed by atoms with van der Waals surface area (Å²) >= 11 is 0. The van der Waals surface area contributed by atoms with Gasteiger partial charge in [0.25, 0.3) is 5.69 Å². The monoisotopic (exact) mass is 394 g/mol. The van der Waals surface area contributed by atoms with Crippen LogP contribution in [0.1, 0.15) is 17.4 Å². The van der Waals surface area contributed by atoms with E-state index < -0.39 is 4.92 Å². The molecule has 0 amide bonds. The van der Waals surface area contributed by atoms with Crippen LogP contribution in [0.2, 0.25) is 0 Å². The summed E-state index contributed by atoms with van der Waals surface area (Å²) in [5.41, 5.74) is 1.60. The van der Waals surface area contributed by atoms with E-state index in [4.69, 9.17) is 9.15 Å². The fraction of sp³-hybridized carbons (Fsp3) is 0.286. The van der Waals surface area contributed by atoms with Crippen LogP contribution in [0.25, 0.3) is 11.3 Å². The second-order valence-electron chi connectivity index (χ2n) is 6.88. The molecule has 8 nitrogen and oxygen atoms in total. The first kappa shape index (κ1) is 19.1. The highest BCUT2D eigenvalue weighted by molar-refractivity contribution is 5.71. The number of nitro benzene ring substituents is 1. The first-order chi connectivity index (χ1) is 14.2. The Labute approximate surface area is 168 Å². The van der Waals surface area contributed by atoms with Crippen LogP contribution < -0.4 is 10.1 Å². The molecular formula is C21H22N4O4. The molecule has 1 N–H and O–H groups in total. The average molecular weight is 394 g/mol. The number of nitro groups is 1. The molecule has 29 heavy (non-hydrogen) atoms. The standard InChI is InChI=1S/C21H22N4O4/c1-28-16-2-4-18(19(12-16)25(26)27)21-5-3-17(29-21)14-24-11-10-23-13-20(24)15-6-8-22-9-7-15/h2-9,12,20,23H,10-11,13-14H2,1H3. The van der Waals surface area contributed by atoms with Crippen LogP contribution >= 0.6 is 0 Å². The van der Waals surface area contributed by atoms with Crippen molar-refractivity contribution in [1.82, 2.24) is 15.2 Å². The third-order valence-corrected chi connectivity index (χ3v) is 5.13. The summed E-state index contributed by atoms with van der Waals surface area (Å²) in [7, 11) is 1.48. The number of methoxy groups -OCH3 is 1. The maximum Gasteiger partial charge on any atom is 0.284 e. The van der Waals surface area contributed by atoms with E-state index in [1.54, 1.807) is 30.6 Å². The van der Waals surface area contributed by atoms with E-state index in [0.29, 0.717) is 23.6 Å². The zero-order chi connectivity index (χ0) is 20.2. The van der Waals surface area contributed by atoms with Crippen LogP contribution in [0.5, 0.6) is 5.75 Å². The number of hydrogen-bond acceptors (Lipinski definition) is 7. The highest BCUT2D eigenvalue weighted by atomic mass is 16.6. The SMILES string of the molecule is COc1ccc(-c2ccc(CN3CCNCC3c3ccncc3)o2)c([N+](=O)[O-])c1. The summed E-state index contributed by atoms with van der Waals surface area (Å²) in [5.74, 6) is 1.68. The van der Waals surface area contributed by atoms with Crippen molar-refractivity contribution in [3.63, 3.8) is 0 Å². The maximum atomic E-state index is 11.5. The summed E-state index contributed by atoms with van der Waals surface area (Å²) in [6.07, 6.45) is 3.60. The van der Waals surface area contributed by atoms with E-state index in [9.17, 15) is 10.1 Å². The lowest BCUT2D eigenvalue weighted by Gasteiger charge is -2.35. The van der Waals surface area contributed by atoms with Crippen molar-refractivity contribution in [1.29, 1.82) is 0 Å². The lowest BCUT2D eigenvalue weighted by Crippen LogP contribution is -2.45. The van der Waals surface area contributed by atoms with Gasteiger partial charge in [-0.25, -0.2) is 0 Å². The van der Waals surface area contributed by atoms with Gasteiger partial charge >= 0.3 is 0 Å². The van der Waals surface area contributed by atoms with Crippen LogP contribution in [0, 0.1) is 10.1 Å². The highest BCUT2D eigenvalue weighted by Crippen LogP contribution is 2.35. The summed E-state index contributed by atoms with van der Waals surface area (Å²) in [4.78, 5) is 17.5. The molecule has 1 saturated heterocycles. The van der Waals surface area contributed by atoms with Crippen molar-refractivity contribution >= 4 is 5.69 Å². The molecule has 3 heterocycles. The molecule has 4 rings (SSSR count). The fourth-order valence-electron chi connectivity index (χ4n) is 3.66. The van der Waals surface area contributed by atoms with Gasteiger partial charge in [-0.3, -0.25) is 20.0 Å². The molecule has 1 unspecified atom stereocenters. The Hall–Kier alpha value is -3.23. The van der Waals surface area contributed by atoms with E-state index in [-0.39, 0.29) is 11.7 Å². The second kappa shape index (κ2) is 8.42. The molecule has 0 spiro atoms. The normalized spacial score (nSPS) is 17.2. The third kappa shape index (κ3) is 4.13. The molecule has 0 saturated carbocycles. The number of nitrogens with one attached hydrogen (secondary N) is 1. The van der Waals surface area contributed by atoms with Gasteiger partial charge in [-0.1, -0.05) is 0 Å². The molecule has 1 aliphatic rings. The summed E-state index contributed by atoms with van der Waals surface area (Å²) in [6.45, 7) is 3.25. The van der Waals surface area contributed by atoms with Crippen LogP contribution in [-0.4, -0.2) is 41.6 Å². The van der Waals surface area contributed by atoms with Gasteiger partial charge in [0.05, 0.1) is 30.2 Å². The van der Waals surface area contributed by atoms with Gasteiger partial charge in [0.15, 0.2) is 0 Å². The molecule has 1 aromatic carbocycles. The predicted molar refractivity (Wildman–Crippen MR) is 108 cm³/mol. The predicted octanol–water partition coefficient (Wildman–Crippen LogP) is 3.40. The lowest BCUT2D eigenvalue weighted by atomic mass is 10.0. The Morgan fingerprint density at radius 1 is 1.28 bits per heavy atom. The minimum Gasteiger partial charge on any atom is -0.497 e. The summed E-state index contributed by atoms with van der Waals surface area (Å²) < 4.78 is 11.1. The van der Waals surface area contributed by atoms with Gasteiger partial charge in [-0.05, 0) is 42.0 Å². The van der Waals surface area contributed by atoms with Gasteiger partial charge in [-0.2, -0.15) is 0 Å². The Balaban J connectivity index is 1.57. The topological polar surface area (TPSA) is 93.7 Å². The minimum absolute atomic E-state index is 0.0397. The Kier molecular flexibility index (Phi) is 5.55. The zero-order valence-electron chi connectivity index (χ0n) is 16.1. The van der Waals surface area contributed by atoms with E-state index in [1.807, 2.05) is 18.2 Å². The van der Waals surface area contributed by atoms with Gasteiger partial charge < -0.3 is 14.5 Å². The van der Waals surface area contributed by atoms with Crippen molar-refractivity contribution in [2.45, 2.75) is 12.6 Å². The lowest BCUT2D eigenvalue weighted by molar-refractivity contribution is -0.384. The summed E-state index contributed by atoms with van der Waals surface area (Å²) in [6, 6.07) is 12.7. The fourth-order valence-corrected chi connectivity index (χ4v) is 3.66. The number of benzene rings is 1. The van der Waals surface area contributed by atoms with Gasteiger partial charge in [0, 0.05) is 38.1 Å². The van der Waals surface area contributed by atoms with Crippen LogP contribution in [0.3, 0.4) is 0 Å². The van der Waals surface area contributed by atoms with Crippen molar-refractivity contribution in [2.24, 2.45) is 0 Å². The first-order valence-corrected chi connectivity index (χ1v) is 9.42. The highest BCUT2D eigenvalue weighted by Gasteiger charge is 2.25. The molecule has 8 heteroatoms. The van der Waals surface area contributed by atoms with Crippen LogP contribution in [-0.2, 0) is 6.54 Å².